The van der Waals surface area contributed by atoms with Crippen molar-refractivity contribution in [3.63, 3.8) is 0 Å². The Hall–Kier alpha value is -2.38. The minimum Gasteiger partial charge on any atom is -0.480 e. The predicted molar refractivity (Wildman–Crippen MR) is 79.3 cm³/mol. The average molecular weight is 320 g/mol. The lowest BCUT2D eigenvalue weighted by Crippen LogP contribution is -2.52. The number of carboxylic acid groups (broad SMARTS) is 1. The number of nitrogens with one attached hydrogen (secondary N) is 1. The first kappa shape index (κ1) is 15.5. The molecule has 2 amide bonds. The number of imidazole rings is 1. The fraction of sp³-hybridized carbons (Fsp3) is 0.600. The van der Waals surface area contributed by atoms with E-state index in [1.165, 1.54) is 11.2 Å². The van der Waals surface area contributed by atoms with Gasteiger partial charge in [-0.05, 0) is 12.8 Å². The Balaban J connectivity index is 1.74. The molecule has 0 bridgehead atoms. The highest BCUT2D eigenvalue weighted by Gasteiger charge is 2.36. The third-order valence-electron chi connectivity index (χ3n) is 4.50. The molecule has 1 saturated heterocycles. The number of rotatable bonds is 3. The quantitative estimate of drug-likeness (QED) is 0.824. The fourth-order valence-electron chi connectivity index (χ4n) is 3.18. The lowest BCUT2D eigenvalue weighted by molar-refractivity contribution is -0.153. The van der Waals surface area contributed by atoms with Crippen LogP contribution in [0.3, 0.4) is 0 Å². The number of nitrogens with zero attached hydrogens (tertiary/aromatic N) is 3. The third kappa shape index (κ3) is 3.20. The summed E-state index contributed by atoms with van der Waals surface area (Å²) >= 11 is 0. The first-order valence-corrected chi connectivity index (χ1v) is 7.87. The van der Waals surface area contributed by atoms with Gasteiger partial charge in [0.25, 0.3) is 0 Å². The molecule has 0 radical (unpaired) electrons. The minimum absolute atomic E-state index is 0.0260. The van der Waals surface area contributed by atoms with Gasteiger partial charge in [-0.25, -0.2) is 9.78 Å². The second-order valence-electron chi connectivity index (χ2n) is 6.03. The topological polar surface area (TPSA) is 107 Å². The van der Waals surface area contributed by atoms with Crippen LogP contribution in [0.1, 0.15) is 37.1 Å². The molecule has 8 heteroatoms. The van der Waals surface area contributed by atoms with Gasteiger partial charge in [-0.15, -0.1) is 0 Å². The van der Waals surface area contributed by atoms with Crippen molar-refractivity contribution in [2.75, 3.05) is 13.1 Å². The Morgan fingerprint density at radius 3 is 2.96 bits per heavy atom. The number of hydrogen-bond donors (Lipinski definition) is 2. The monoisotopic (exact) mass is 320 g/mol. The maximum Gasteiger partial charge on any atom is 0.326 e. The minimum atomic E-state index is -1.05. The van der Waals surface area contributed by atoms with Crippen molar-refractivity contribution < 1.29 is 19.5 Å². The summed E-state index contributed by atoms with van der Waals surface area (Å²) in [6, 6.07) is -0.930. The fourth-order valence-corrected chi connectivity index (χ4v) is 3.18. The summed E-state index contributed by atoms with van der Waals surface area (Å²) in [6.07, 6.45) is 4.87. The largest absolute Gasteiger partial charge is 0.480 e. The molecule has 2 aliphatic rings. The van der Waals surface area contributed by atoms with Crippen molar-refractivity contribution in [3.05, 3.63) is 17.7 Å². The van der Waals surface area contributed by atoms with E-state index in [2.05, 4.69) is 9.97 Å². The number of carbonyl (C=O) groups is 3. The zero-order valence-corrected chi connectivity index (χ0v) is 12.8. The molecule has 0 aromatic carbocycles. The molecular formula is C15H20N4O4. The molecule has 3 rings (SSSR count). The summed E-state index contributed by atoms with van der Waals surface area (Å²) in [5.41, 5.74) is 1.45. The van der Waals surface area contributed by atoms with E-state index in [0.29, 0.717) is 18.7 Å². The van der Waals surface area contributed by atoms with Crippen LogP contribution in [-0.4, -0.2) is 61.8 Å². The number of H-pyrrole nitrogens is 1. The van der Waals surface area contributed by atoms with Crippen molar-refractivity contribution in [1.82, 2.24) is 19.8 Å². The molecule has 1 atom stereocenters. The molecule has 23 heavy (non-hydrogen) atoms. The lowest BCUT2D eigenvalue weighted by Gasteiger charge is -2.34. The van der Waals surface area contributed by atoms with E-state index in [1.807, 2.05) is 0 Å². The van der Waals surface area contributed by atoms with Crippen molar-refractivity contribution in [2.45, 2.75) is 44.7 Å². The van der Waals surface area contributed by atoms with Crippen molar-refractivity contribution in [3.8, 4) is 0 Å². The Labute approximate surface area is 133 Å². The van der Waals surface area contributed by atoms with Crippen LogP contribution >= 0.6 is 0 Å². The van der Waals surface area contributed by atoms with Gasteiger partial charge in [-0.3, -0.25) is 9.59 Å². The first-order chi connectivity index (χ1) is 11.1. The van der Waals surface area contributed by atoms with Crippen LogP contribution in [0.2, 0.25) is 0 Å². The lowest BCUT2D eigenvalue weighted by atomic mass is 10.0. The maximum absolute atomic E-state index is 12.6. The second-order valence-corrected chi connectivity index (χ2v) is 6.03. The average Bonchev–Trinajstić information content (AvgIpc) is 2.89. The zero-order chi connectivity index (χ0) is 16.4. The van der Waals surface area contributed by atoms with Gasteiger partial charge in [0.15, 0.2) is 0 Å². The molecule has 0 aliphatic carbocycles. The molecule has 3 heterocycles. The Morgan fingerprint density at radius 1 is 1.35 bits per heavy atom. The number of aliphatic carboxylic acids is 1. The smallest absolute Gasteiger partial charge is 0.326 e. The predicted octanol–water partition coefficient (Wildman–Crippen LogP) is 0.150. The van der Waals surface area contributed by atoms with Gasteiger partial charge in [0, 0.05) is 19.4 Å². The van der Waals surface area contributed by atoms with E-state index in [4.69, 9.17) is 0 Å². The third-order valence-corrected chi connectivity index (χ3v) is 4.50. The summed E-state index contributed by atoms with van der Waals surface area (Å²) in [6.45, 7) is 0.699. The van der Waals surface area contributed by atoms with Crippen LogP contribution in [0, 0.1) is 0 Å². The molecule has 2 N–H and O–H groups in total. The van der Waals surface area contributed by atoms with E-state index >= 15 is 0 Å². The number of fused-ring (bicyclic) bond motifs is 1. The summed E-state index contributed by atoms with van der Waals surface area (Å²) < 4.78 is 0. The second kappa shape index (κ2) is 6.39. The summed E-state index contributed by atoms with van der Waals surface area (Å²) in [7, 11) is 0. The Bertz CT molecular complexity index is 627. The van der Waals surface area contributed by atoms with Gasteiger partial charge in [0.1, 0.15) is 6.04 Å². The Morgan fingerprint density at radius 2 is 2.17 bits per heavy atom. The van der Waals surface area contributed by atoms with Crippen molar-refractivity contribution in [2.24, 2.45) is 0 Å². The molecule has 1 unspecified atom stereocenters. The number of aromatic amines is 1. The van der Waals surface area contributed by atoms with Gasteiger partial charge in [-0.1, -0.05) is 6.42 Å². The van der Waals surface area contributed by atoms with Crippen LogP contribution in [0.4, 0.5) is 0 Å². The standard InChI is InChI=1S/C15H20N4O4/c20-13-4-2-1-3-5-18(13)8-14(21)19-7-11-10(16-9-17-11)6-12(19)15(22)23/h9,12H,1-8H2,(H,16,17)(H,22,23). The summed E-state index contributed by atoms with van der Waals surface area (Å²) in [5.74, 6) is -1.40. The number of likely N-dealkylation sites (tertiary alicyclic amines) is 1. The molecule has 1 aromatic heterocycles. The van der Waals surface area contributed by atoms with Crippen LogP contribution in [0.5, 0.6) is 0 Å². The van der Waals surface area contributed by atoms with Crippen LogP contribution in [0.15, 0.2) is 6.33 Å². The van der Waals surface area contributed by atoms with E-state index in [9.17, 15) is 19.5 Å². The number of carbonyl (C=O) groups excluding carboxylic acids is 2. The molecule has 124 valence electrons. The van der Waals surface area contributed by atoms with E-state index in [-0.39, 0.29) is 31.3 Å². The van der Waals surface area contributed by atoms with Crippen LogP contribution < -0.4 is 0 Å². The van der Waals surface area contributed by atoms with Crippen molar-refractivity contribution >= 4 is 17.8 Å². The van der Waals surface area contributed by atoms with E-state index < -0.39 is 12.0 Å². The highest BCUT2D eigenvalue weighted by Crippen LogP contribution is 2.21. The molecule has 0 saturated carbocycles. The van der Waals surface area contributed by atoms with E-state index in [0.717, 1.165) is 25.0 Å². The number of hydrogen-bond acceptors (Lipinski definition) is 4. The SMILES string of the molecule is O=C(O)C1Cc2nc[nH]c2CN1C(=O)CN1CCCCCC1=O. The Kier molecular flexibility index (Phi) is 4.31. The van der Waals surface area contributed by atoms with Crippen LogP contribution in [0.25, 0.3) is 0 Å². The molecule has 1 aromatic rings. The van der Waals surface area contributed by atoms with Crippen molar-refractivity contribution in [1.29, 1.82) is 0 Å². The maximum atomic E-state index is 12.6. The number of amides is 2. The molecule has 0 spiro atoms. The zero-order valence-electron chi connectivity index (χ0n) is 12.8. The van der Waals surface area contributed by atoms with Gasteiger partial charge in [0.2, 0.25) is 11.8 Å². The molecule has 8 nitrogen and oxygen atoms in total. The molecular weight excluding hydrogens is 300 g/mol. The summed E-state index contributed by atoms with van der Waals surface area (Å²) in [4.78, 5) is 46.1. The normalized spacial score (nSPS) is 21.7. The molecule has 1 fully saturated rings. The number of carboxylic acids is 1. The molecule has 2 aliphatic heterocycles. The van der Waals surface area contributed by atoms with Gasteiger partial charge < -0.3 is 19.9 Å². The number of aromatic nitrogens is 2. The van der Waals surface area contributed by atoms with Crippen LogP contribution in [-0.2, 0) is 27.3 Å². The van der Waals surface area contributed by atoms with Gasteiger partial charge in [-0.2, -0.15) is 0 Å². The highest BCUT2D eigenvalue weighted by atomic mass is 16.4. The highest BCUT2D eigenvalue weighted by molar-refractivity contribution is 5.88. The first-order valence-electron chi connectivity index (χ1n) is 7.87. The van der Waals surface area contributed by atoms with E-state index in [1.54, 1.807) is 4.90 Å². The van der Waals surface area contributed by atoms with Gasteiger partial charge in [0.05, 0.1) is 30.8 Å². The summed E-state index contributed by atoms with van der Waals surface area (Å²) in [5, 5.41) is 9.41. The van der Waals surface area contributed by atoms with Gasteiger partial charge >= 0.3 is 5.97 Å².